The number of nitrogens with one attached hydrogen (secondary N) is 1. The van der Waals surface area contributed by atoms with Crippen LogP contribution in [0.2, 0.25) is 0 Å². The molecule has 0 radical (unpaired) electrons. The number of amides is 1. The van der Waals surface area contributed by atoms with Crippen molar-refractivity contribution in [3.05, 3.63) is 64.9 Å². The van der Waals surface area contributed by atoms with Crippen LogP contribution in [0.15, 0.2) is 59.3 Å². The van der Waals surface area contributed by atoms with Crippen LogP contribution in [-0.2, 0) is 11.3 Å². The number of hydrogen-bond donors (Lipinski definition) is 1. The number of aromatic nitrogens is 2. The van der Waals surface area contributed by atoms with Crippen molar-refractivity contribution in [2.24, 2.45) is 0 Å². The molecule has 1 unspecified atom stereocenters. The lowest BCUT2D eigenvalue weighted by atomic mass is 10.1. The SMILES string of the molecule is CC(NC(=O)CCn1cnc2ccccc21)c1ccc(Br)cc1. The Bertz CT molecular complexity index is 811. The summed E-state index contributed by atoms with van der Waals surface area (Å²) in [6.07, 6.45) is 2.22. The Hall–Kier alpha value is -2.14. The molecule has 0 bridgehead atoms. The Morgan fingerprint density at radius 2 is 1.96 bits per heavy atom. The number of halogens is 1. The normalized spacial score (nSPS) is 12.3. The molecule has 1 aromatic heterocycles. The van der Waals surface area contributed by atoms with Crippen molar-refractivity contribution in [1.82, 2.24) is 14.9 Å². The highest BCUT2D eigenvalue weighted by Crippen LogP contribution is 2.17. The van der Waals surface area contributed by atoms with Gasteiger partial charge in [-0.3, -0.25) is 4.79 Å². The number of rotatable bonds is 5. The van der Waals surface area contributed by atoms with Gasteiger partial charge in [0.2, 0.25) is 5.91 Å². The number of imidazole rings is 1. The van der Waals surface area contributed by atoms with Gasteiger partial charge in [0.1, 0.15) is 0 Å². The maximum atomic E-state index is 12.2. The molecule has 3 aromatic rings. The molecule has 0 aliphatic heterocycles. The van der Waals surface area contributed by atoms with Gasteiger partial charge in [0, 0.05) is 17.4 Å². The first-order chi connectivity index (χ1) is 11.1. The Labute approximate surface area is 143 Å². The smallest absolute Gasteiger partial charge is 0.222 e. The van der Waals surface area contributed by atoms with Gasteiger partial charge >= 0.3 is 0 Å². The number of para-hydroxylation sites is 2. The van der Waals surface area contributed by atoms with Crippen LogP contribution in [0.4, 0.5) is 0 Å². The quantitative estimate of drug-likeness (QED) is 0.734. The lowest BCUT2D eigenvalue weighted by Gasteiger charge is -2.14. The van der Waals surface area contributed by atoms with Gasteiger partial charge in [-0.15, -0.1) is 0 Å². The number of fused-ring (bicyclic) bond motifs is 1. The highest BCUT2D eigenvalue weighted by molar-refractivity contribution is 9.10. The number of benzene rings is 2. The molecule has 0 spiro atoms. The molecule has 1 amide bonds. The van der Waals surface area contributed by atoms with Crippen molar-refractivity contribution in [1.29, 1.82) is 0 Å². The van der Waals surface area contributed by atoms with Gasteiger partial charge in [0.05, 0.1) is 23.4 Å². The van der Waals surface area contributed by atoms with Crippen LogP contribution in [-0.4, -0.2) is 15.5 Å². The molecule has 4 nitrogen and oxygen atoms in total. The third-order valence-electron chi connectivity index (χ3n) is 3.85. The molecule has 23 heavy (non-hydrogen) atoms. The molecule has 1 atom stereocenters. The minimum absolute atomic E-state index is 0.00451. The van der Waals surface area contributed by atoms with Crippen molar-refractivity contribution in [3.8, 4) is 0 Å². The second-order valence-electron chi connectivity index (χ2n) is 5.52. The van der Waals surface area contributed by atoms with Gasteiger partial charge in [-0.1, -0.05) is 40.2 Å². The first kappa shape index (κ1) is 15.7. The number of aryl methyl sites for hydroxylation is 1. The first-order valence-electron chi connectivity index (χ1n) is 7.58. The van der Waals surface area contributed by atoms with Gasteiger partial charge in [-0.2, -0.15) is 0 Å². The predicted molar refractivity (Wildman–Crippen MR) is 95.0 cm³/mol. The summed E-state index contributed by atoms with van der Waals surface area (Å²) in [7, 11) is 0. The first-order valence-corrected chi connectivity index (χ1v) is 8.37. The third-order valence-corrected chi connectivity index (χ3v) is 4.38. The molecule has 0 aliphatic carbocycles. The molecule has 0 aliphatic rings. The summed E-state index contributed by atoms with van der Waals surface area (Å²) in [5.74, 6) is 0.0400. The molecular formula is C18H18BrN3O. The van der Waals surface area contributed by atoms with Crippen molar-refractivity contribution in [3.63, 3.8) is 0 Å². The summed E-state index contributed by atoms with van der Waals surface area (Å²) in [6, 6.07) is 15.9. The highest BCUT2D eigenvalue weighted by Gasteiger charge is 2.10. The van der Waals surface area contributed by atoms with Crippen molar-refractivity contribution < 1.29 is 4.79 Å². The fraction of sp³-hybridized carbons (Fsp3) is 0.222. The summed E-state index contributed by atoms with van der Waals surface area (Å²) >= 11 is 3.42. The van der Waals surface area contributed by atoms with Gasteiger partial charge in [0.15, 0.2) is 0 Å². The topological polar surface area (TPSA) is 46.9 Å². The number of hydrogen-bond acceptors (Lipinski definition) is 2. The molecule has 1 N–H and O–H groups in total. The average Bonchev–Trinajstić information content (AvgIpc) is 2.97. The molecule has 0 fully saturated rings. The van der Waals surface area contributed by atoms with E-state index in [9.17, 15) is 4.79 Å². The van der Waals surface area contributed by atoms with Crippen LogP contribution >= 0.6 is 15.9 Å². The van der Waals surface area contributed by atoms with E-state index in [0.29, 0.717) is 13.0 Å². The lowest BCUT2D eigenvalue weighted by molar-refractivity contribution is -0.121. The Morgan fingerprint density at radius 1 is 1.22 bits per heavy atom. The van der Waals surface area contributed by atoms with E-state index in [2.05, 4.69) is 26.2 Å². The molecule has 5 heteroatoms. The maximum absolute atomic E-state index is 12.2. The highest BCUT2D eigenvalue weighted by atomic mass is 79.9. The number of carbonyl (C=O) groups excluding carboxylic acids is 1. The van der Waals surface area contributed by atoms with E-state index in [1.807, 2.05) is 60.0 Å². The zero-order valence-electron chi connectivity index (χ0n) is 12.9. The molecule has 0 saturated carbocycles. The fourth-order valence-corrected chi connectivity index (χ4v) is 2.82. The van der Waals surface area contributed by atoms with E-state index in [1.165, 1.54) is 0 Å². The van der Waals surface area contributed by atoms with Crippen LogP contribution in [0.25, 0.3) is 11.0 Å². The van der Waals surface area contributed by atoms with Gasteiger partial charge < -0.3 is 9.88 Å². The number of carbonyl (C=O) groups is 1. The molecule has 2 aromatic carbocycles. The van der Waals surface area contributed by atoms with E-state index in [1.54, 1.807) is 6.33 Å². The molecule has 1 heterocycles. The van der Waals surface area contributed by atoms with Crippen LogP contribution in [0, 0.1) is 0 Å². The van der Waals surface area contributed by atoms with E-state index in [-0.39, 0.29) is 11.9 Å². The molecule has 3 rings (SSSR count). The van der Waals surface area contributed by atoms with Gasteiger partial charge in [-0.25, -0.2) is 4.98 Å². The predicted octanol–water partition coefficient (Wildman–Crippen LogP) is 4.07. The monoisotopic (exact) mass is 371 g/mol. The lowest BCUT2D eigenvalue weighted by Crippen LogP contribution is -2.27. The summed E-state index contributed by atoms with van der Waals surface area (Å²) in [4.78, 5) is 16.5. The zero-order valence-corrected chi connectivity index (χ0v) is 14.5. The standard InChI is InChI=1S/C18H18BrN3O/c1-13(14-6-8-15(19)9-7-14)21-18(23)10-11-22-12-20-16-4-2-3-5-17(16)22/h2-9,12-13H,10-11H2,1H3,(H,21,23). The molecular weight excluding hydrogens is 354 g/mol. The van der Waals surface area contributed by atoms with E-state index in [4.69, 9.17) is 0 Å². The van der Waals surface area contributed by atoms with Crippen molar-refractivity contribution >= 4 is 32.9 Å². The number of nitrogens with zero attached hydrogens (tertiary/aromatic N) is 2. The zero-order chi connectivity index (χ0) is 16.2. The largest absolute Gasteiger partial charge is 0.350 e. The minimum atomic E-state index is -0.00451. The second kappa shape index (κ2) is 6.96. The third kappa shape index (κ3) is 3.79. The summed E-state index contributed by atoms with van der Waals surface area (Å²) in [6.45, 7) is 2.62. The summed E-state index contributed by atoms with van der Waals surface area (Å²) < 4.78 is 3.05. The molecule has 0 saturated heterocycles. The summed E-state index contributed by atoms with van der Waals surface area (Å²) in [5.41, 5.74) is 3.10. The maximum Gasteiger partial charge on any atom is 0.222 e. The van der Waals surface area contributed by atoms with Gasteiger partial charge in [-0.05, 0) is 36.8 Å². The van der Waals surface area contributed by atoms with Crippen molar-refractivity contribution in [2.45, 2.75) is 25.9 Å². The van der Waals surface area contributed by atoms with Crippen LogP contribution in [0.1, 0.15) is 24.9 Å². The Balaban J connectivity index is 1.58. The Morgan fingerprint density at radius 3 is 2.74 bits per heavy atom. The second-order valence-corrected chi connectivity index (χ2v) is 6.43. The van der Waals surface area contributed by atoms with Crippen LogP contribution in [0.3, 0.4) is 0 Å². The Kier molecular flexibility index (Phi) is 4.76. The van der Waals surface area contributed by atoms with E-state index in [0.717, 1.165) is 21.1 Å². The summed E-state index contributed by atoms with van der Waals surface area (Å²) in [5, 5.41) is 3.04. The van der Waals surface area contributed by atoms with E-state index < -0.39 is 0 Å². The van der Waals surface area contributed by atoms with Crippen LogP contribution < -0.4 is 5.32 Å². The van der Waals surface area contributed by atoms with Gasteiger partial charge in [0.25, 0.3) is 0 Å². The molecule has 118 valence electrons. The fourth-order valence-electron chi connectivity index (χ4n) is 2.56. The minimum Gasteiger partial charge on any atom is -0.350 e. The van der Waals surface area contributed by atoms with Crippen molar-refractivity contribution in [2.75, 3.05) is 0 Å². The average molecular weight is 372 g/mol. The van der Waals surface area contributed by atoms with Crippen LogP contribution in [0.5, 0.6) is 0 Å². The van der Waals surface area contributed by atoms with E-state index >= 15 is 0 Å².